The number of nitro groups is 1. The highest BCUT2D eigenvalue weighted by Crippen LogP contribution is 2.44. The van der Waals surface area contributed by atoms with E-state index in [0.717, 1.165) is 6.07 Å². The van der Waals surface area contributed by atoms with E-state index in [1.807, 2.05) is 0 Å². The van der Waals surface area contributed by atoms with Crippen LogP contribution in [0, 0.1) is 17.0 Å². The molecule has 0 aliphatic rings. The van der Waals surface area contributed by atoms with Crippen molar-refractivity contribution in [1.82, 2.24) is 10.1 Å². The molecule has 0 bridgehead atoms. The zero-order chi connectivity index (χ0) is 19.0. The van der Waals surface area contributed by atoms with Crippen molar-refractivity contribution in [3.8, 4) is 28.6 Å². The fourth-order valence-corrected chi connectivity index (χ4v) is 2.39. The molecule has 0 radical (unpaired) electrons. The Morgan fingerprint density at radius 1 is 1.19 bits per heavy atom. The van der Waals surface area contributed by atoms with Crippen molar-refractivity contribution in [3.63, 3.8) is 0 Å². The number of phenols is 3. The Labute approximate surface area is 145 Å². The van der Waals surface area contributed by atoms with Crippen molar-refractivity contribution in [3.05, 3.63) is 57.5 Å². The average molecular weight is 357 g/mol. The maximum absolute atomic E-state index is 12.9. The van der Waals surface area contributed by atoms with Gasteiger partial charge in [0.05, 0.1) is 4.92 Å². The summed E-state index contributed by atoms with van der Waals surface area (Å²) in [5.41, 5.74) is -1.67. The standard InChI is InChI=1S/C16H11N3O7/c1-7-17-16(18-26-7)10-6-11(21)15(23)13(19(24)25)12(10)14(22)8-2-4-9(20)5-3-8/h2-6,20-21,23H,1H3. The molecule has 1 heterocycles. The fourth-order valence-electron chi connectivity index (χ4n) is 2.39. The lowest BCUT2D eigenvalue weighted by molar-refractivity contribution is -0.386. The van der Waals surface area contributed by atoms with E-state index in [1.165, 1.54) is 31.2 Å². The van der Waals surface area contributed by atoms with Gasteiger partial charge in [0.1, 0.15) is 11.3 Å². The predicted molar refractivity (Wildman–Crippen MR) is 86.0 cm³/mol. The molecule has 0 saturated heterocycles. The van der Waals surface area contributed by atoms with Gasteiger partial charge in [-0.3, -0.25) is 14.9 Å². The lowest BCUT2D eigenvalue weighted by Gasteiger charge is -2.10. The molecule has 132 valence electrons. The Balaban J connectivity index is 2.33. The van der Waals surface area contributed by atoms with E-state index in [-0.39, 0.29) is 28.6 Å². The molecule has 3 aromatic rings. The van der Waals surface area contributed by atoms with Crippen LogP contribution in [0.2, 0.25) is 0 Å². The predicted octanol–water partition coefficient (Wildman–Crippen LogP) is 2.30. The first-order valence-corrected chi connectivity index (χ1v) is 7.17. The largest absolute Gasteiger partial charge is 0.508 e. The summed E-state index contributed by atoms with van der Waals surface area (Å²) < 4.78 is 4.83. The van der Waals surface area contributed by atoms with Crippen LogP contribution >= 0.6 is 0 Å². The summed E-state index contributed by atoms with van der Waals surface area (Å²) in [6.45, 7) is 1.48. The van der Waals surface area contributed by atoms with Crippen molar-refractivity contribution in [2.24, 2.45) is 0 Å². The third-order valence-electron chi connectivity index (χ3n) is 3.56. The summed E-state index contributed by atoms with van der Waals surface area (Å²) in [5.74, 6) is -2.82. The Bertz CT molecular complexity index is 1030. The van der Waals surface area contributed by atoms with Crippen LogP contribution in [-0.4, -0.2) is 36.2 Å². The molecule has 1 aromatic heterocycles. The van der Waals surface area contributed by atoms with Gasteiger partial charge in [-0.1, -0.05) is 5.16 Å². The summed E-state index contributed by atoms with van der Waals surface area (Å²) in [6.07, 6.45) is 0. The summed E-state index contributed by atoms with van der Waals surface area (Å²) in [5, 5.41) is 44.2. The van der Waals surface area contributed by atoms with Gasteiger partial charge in [-0.2, -0.15) is 4.98 Å². The molecular formula is C16H11N3O7. The first-order valence-electron chi connectivity index (χ1n) is 7.17. The van der Waals surface area contributed by atoms with Crippen molar-refractivity contribution in [2.45, 2.75) is 6.92 Å². The normalized spacial score (nSPS) is 10.7. The molecule has 0 spiro atoms. The summed E-state index contributed by atoms with van der Waals surface area (Å²) in [4.78, 5) is 27.3. The molecule has 26 heavy (non-hydrogen) atoms. The maximum atomic E-state index is 12.9. The number of nitro benzene ring substituents is 1. The Morgan fingerprint density at radius 3 is 2.38 bits per heavy atom. The van der Waals surface area contributed by atoms with Crippen molar-refractivity contribution in [2.75, 3.05) is 0 Å². The SMILES string of the molecule is Cc1nc(-c2cc(O)c(O)c([N+](=O)[O-])c2C(=O)c2ccc(O)cc2)no1. The highest BCUT2D eigenvalue weighted by molar-refractivity contribution is 6.16. The van der Waals surface area contributed by atoms with Crippen LogP contribution in [0.3, 0.4) is 0 Å². The first kappa shape index (κ1) is 16.9. The molecular weight excluding hydrogens is 346 g/mol. The Hall–Kier alpha value is -3.95. The van der Waals surface area contributed by atoms with E-state index in [0.29, 0.717) is 0 Å². The summed E-state index contributed by atoms with van der Waals surface area (Å²) in [6, 6.07) is 5.93. The van der Waals surface area contributed by atoms with Gasteiger partial charge < -0.3 is 19.8 Å². The van der Waals surface area contributed by atoms with Gasteiger partial charge in [0.2, 0.25) is 23.2 Å². The van der Waals surface area contributed by atoms with Crippen LogP contribution in [0.25, 0.3) is 11.4 Å². The van der Waals surface area contributed by atoms with Crippen LogP contribution < -0.4 is 0 Å². The minimum absolute atomic E-state index is 0.0115. The van der Waals surface area contributed by atoms with Gasteiger partial charge >= 0.3 is 5.69 Å². The smallest absolute Gasteiger partial charge is 0.326 e. The quantitative estimate of drug-likeness (QED) is 0.275. The van der Waals surface area contributed by atoms with Crippen molar-refractivity contribution >= 4 is 11.5 Å². The van der Waals surface area contributed by atoms with Crippen LogP contribution in [0.5, 0.6) is 17.2 Å². The van der Waals surface area contributed by atoms with E-state index < -0.39 is 33.5 Å². The van der Waals surface area contributed by atoms with Crippen LogP contribution in [0.4, 0.5) is 5.69 Å². The number of aromatic hydroxyl groups is 3. The molecule has 0 atom stereocenters. The number of benzene rings is 2. The van der Waals surface area contributed by atoms with Crippen LogP contribution in [0.1, 0.15) is 21.8 Å². The van der Waals surface area contributed by atoms with Crippen LogP contribution in [0.15, 0.2) is 34.9 Å². The number of rotatable bonds is 4. The summed E-state index contributed by atoms with van der Waals surface area (Å²) >= 11 is 0. The van der Waals surface area contributed by atoms with Gasteiger partial charge in [-0.25, -0.2) is 0 Å². The number of aryl methyl sites for hydroxylation is 1. The second-order valence-corrected chi connectivity index (χ2v) is 5.29. The number of ketones is 1. The lowest BCUT2D eigenvalue weighted by Crippen LogP contribution is -2.08. The molecule has 0 amide bonds. The van der Waals surface area contributed by atoms with E-state index >= 15 is 0 Å². The van der Waals surface area contributed by atoms with E-state index in [1.54, 1.807) is 0 Å². The molecule has 0 aliphatic heterocycles. The molecule has 2 aromatic carbocycles. The number of hydrogen-bond acceptors (Lipinski definition) is 9. The fraction of sp³-hybridized carbons (Fsp3) is 0.0625. The molecule has 3 rings (SSSR count). The molecule has 10 heteroatoms. The maximum Gasteiger partial charge on any atom is 0.326 e. The topological polar surface area (TPSA) is 160 Å². The number of nitrogens with zero attached hydrogens (tertiary/aromatic N) is 3. The van der Waals surface area contributed by atoms with Crippen molar-refractivity contribution < 1.29 is 29.6 Å². The zero-order valence-electron chi connectivity index (χ0n) is 13.2. The Kier molecular flexibility index (Phi) is 4.01. The van der Waals surface area contributed by atoms with Crippen LogP contribution in [-0.2, 0) is 0 Å². The lowest BCUT2D eigenvalue weighted by atomic mass is 9.95. The molecule has 3 N–H and O–H groups in total. The van der Waals surface area contributed by atoms with Gasteiger partial charge in [0.25, 0.3) is 0 Å². The second-order valence-electron chi connectivity index (χ2n) is 5.29. The van der Waals surface area contributed by atoms with Gasteiger partial charge in [0.15, 0.2) is 5.75 Å². The van der Waals surface area contributed by atoms with E-state index in [2.05, 4.69) is 10.1 Å². The van der Waals surface area contributed by atoms with E-state index in [9.17, 15) is 30.2 Å². The average Bonchev–Trinajstić information content (AvgIpc) is 3.02. The molecule has 10 nitrogen and oxygen atoms in total. The highest BCUT2D eigenvalue weighted by Gasteiger charge is 2.33. The number of aromatic nitrogens is 2. The first-order chi connectivity index (χ1) is 12.3. The minimum atomic E-state index is -1.05. The molecule has 0 unspecified atom stereocenters. The van der Waals surface area contributed by atoms with Gasteiger partial charge in [-0.05, 0) is 30.3 Å². The Morgan fingerprint density at radius 2 is 1.85 bits per heavy atom. The molecule has 0 saturated carbocycles. The van der Waals surface area contributed by atoms with Gasteiger partial charge in [-0.15, -0.1) is 0 Å². The minimum Gasteiger partial charge on any atom is -0.508 e. The van der Waals surface area contributed by atoms with Crippen molar-refractivity contribution in [1.29, 1.82) is 0 Å². The monoisotopic (exact) mass is 357 g/mol. The number of carbonyl (C=O) groups is 1. The second kappa shape index (κ2) is 6.16. The highest BCUT2D eigenvalue weighted by atomic mass is 16.6. The molecule has 0 fully saturated rings. The number of phenolic OH excluding ortho intramolecular Hbond substituents is 3. The van der Waals surface area contributed by atoms with E-state index in [4.69, 9.17) is 4.52 Å². The number of carbonyl (C=O) groups excluding carboxylic acids is 1. The zero-order valence-corrected chi connectivity index (χ0v) is 13.2. The number of hydrogen-bond donors (Lipinski definition) is 3. The third kappa shape index (κ3) is 2.79. The molecule has 0 aliphatic carbocycles. The third-order valence-corrected chi connectivity index (χ3v) is 3.56. The van der Waals surface area contributed by atoms with Gasteiger partial charge in [0, 0.05) is 18.1 Å². The summed E-state index contributed by atoms with van der Waals surface area (Å²) in [7, 11) is 0.